The van der Waals surface area contributed by atoms with Gasteiger partial charge in [0, 0.05) is 13.0 Å². The van der Waals surface area contributed by atoms with E-state index in [0.29, 0.717) is 6.42 Å². The van der Waals surface area contributed by atoms with Crippen LogP contribution in [0.4, 0.5) is 0 Å². The third-order valence-corrected chi connectivity index (χ3v) is 3.33. The third-order valence-electron chi connectivity index (χ3n) is 3.33. The van der Waals surface area contributed by atoms with Gasteiger partial charge in [-0.2, -0.15) is 0 Å². The Balaban J connectivity index is 2.02. The van der Waals surface area contributed by atoms with Crippen LogP contribution in [0, 0.1) is 0 Å². The number of carbonyl (C=O) groups is 2. The Morgan fingerprint density at radius 2 is 1.81 bits per heavy atom. The first-order chi connectivity index (χ1) is 10.1. The molecule has 2 aromatic rings. The molecule has 2 aromatic carbocycles. The molecule has 0 radical (unpaired) electrons. The van der Waals surface area contributed by atoms with Crippen molar-refractivity contribution in [2.45, 2.75) is 18.9 Å². The van der Waals surface area contributed by atoms with E-state index < -0.39 is 11.9 Å². The molecule has 2 amide bonds. The van der Waals surface area contributed by atoms with Crippen LogP contribution in [0.15, 0.2) is 42.5 Å². The van der Waals surface area contributed by atoms with Crippen molar-refractivity contribution in [1.29, 1.82) is 0 Å². The van der Waals surface area contributed by atoms with Gasteiger partial charge >= 0.3 is 0 Å². The fourth-order valence-corrected chi connectivity index (χ4v) is 2.24. The van der Waals surface area contributed by atoms with E-state index in [4.69, 9.17) is 11.5 Å². The van der Waals surface area contributed by atoms with E-state index >= 15 is 0 Å². The number of nitrogens with one attached hydrogen (secondary N) is 1. The molecule has 0 aliphatic heterocycles. The lowest BCUT2D eigenvalue weighted by Crippen LogP contribution is -2.43. The van der Waals surface area contributed by atoms with Crippen molar-refractivity contribution in [3.63, 3.8) is 0 Å². The van der Waals surface area contributed by atoms with Crippen LogP contribution in [0.25, 0.3) is 10.8 Å². The highest BCUT2D eigenvalue weighted by Gasteiger charge is 2.15. The van der Waals surface area contributed by atoms with Crippen LogP contribution in [0.2, 0.25) is 0 Å². The standard InChI is InChI=1S/C16H19N3O2/c17-14(16(21)19-9-8-15(18)20)10-12-6-3-5-11-4-1-2-7-13(11)12/h1-7,14H,8-10,17H2,(H2,18,20)(H,19,21)/t14-/m0/s1. The summed E-state index contributed by atoms with van der Waals surface area (Å²) < 4.78 is 0. The zero-order valence-electron chi connectivity index (χ0n) is 11.7. The molecule has 21 heavy (non-hydrogen) atoms. The molecule has 5 nitrogen and oxygen atoms in total. The molecule has 0 heterocycles. The average molecular weight is 285 g/mol. The first-order valence-electron chi connectivity index (χ1n) is 6.86. The van der Waals surface area contributed by atoms with Crippen LogP contribution in [0.3, 0.4) is 0 Å². The van der Waals surface area contributed by atoms with Crippen molar-refractivity contribution in [2.75, 3.05) is 6.54 Å². The Hall–Kier alpha value is -2.40. The number of rotatable bonds is 6. The lowest BCUT2D eigenvalue weighted by atomic mass is 9.99. The van der Waals surface area contributed by atoms with Gasteiger partial charge in [0.25, 0.3) is 0 Å². The molecule has 0 saturated carbocycles. The number of primary amides is 1. The van der Waals surface area contributed by atoms with Gasteiger partial charge in [0.15, 0.2) is 0 Å². The van der Waals surface area contributed by atoms with Gasteiger partial charge in [0.1, 0.15) is 0 Å². The normalized spacial score (nSPS) is 12.0. The number of hydrogen-bond donors (Lipinski definition) is 3. The molecule has 110 valence electrons. The van der Waals surface area contributed by atoms with Crippen molar-refractivity contribution in [3.8, 4) is 0 Å². The summed E-state index contributed by atoms with van der Waals surface area (Å²) in [5.41, 5.74) is 12.0. The Kier molecular flexibility index (Phi) is 4.90. The number of nitrogens with two attached hydrogens (primary N) is 2. The van der Waals surface area contributed by atoms with Gasteiger partial charge in [-0.05, 0) is 22.8 Å². The van der Waals surface area contributed by atoms with Gasteiger partial charge in [-0.1, -0.05) is 42.5 Å². The molecule has 0 spiro atoms. The second kappa shape index (κ2) is 6.85. The van der Waals surface area contributed by atoms with Gasteiger partial charge in [-0.3, -0.25) is 9.59 Å². The molecule has 0 saturated heterocycles. The van der Waals surface area contributed by atoms with E-state index in [-0.39, 0.29) is 18.9 Å². The molecular weight excluding hydrogens is 266 g/mol. The number of amides is 2. The summed E-state index contributed by atoms with van der Waals surface area (Å²) in [4.78, 5) is 22.5. The molecule has 1 atom stereocenters. The summed E-state index contributed by atoms with van der Waals surface area (Å²) in [7, 11) is 0. The average Bonchev–Trinajstić information content (AvgIpc) is 2.47. The van der Waals surface area contributed by atoms with Crippen LogP contribution in [-0.4, -0.2) is 24.4 Å². The van der Waals surface area contributed by atoms with Gasteiger partial charge in [0.05, 0.1) is 6.04 Å². The van der Waals surface area contributed by atoms with Crippen molar-refractivity contribution >= 4 is 22.6 Å². The highest BCUT2D eigenvalue weighted by atomic mass is 16.2. The highest BCUT2D eigenvalue weighted by molar-refractivity contribution is 5.87. The SMILES string of the molecule is NC(=O)CCNC(=O)[C@@H](N)Cc1cccc2ccccc12. The molecule has 0 unspecified atom stereocenters. The maximum atomic E-state index is 11.9. The summed E-state index contributed by atoms with van der Waals surface area (Å²) in [6.07, 6.45) is 0.566. The summed E-state index contributed by atoms with van der Waals surface area (Å²) in [5, 5.41) is 4.84. The largest absolute Gasteiger partial charge is 0.370 e. The Morgan fingerprint density at radius 1 is 1.10 bits per heavy atom. The summed E-state index contributed by atoms with van der Waals surface area (Å²) in [6, 6.07) is 13.3. The molecular formula is C16H19N3O2. The van der Waals surface area contributed by atoms with Crippen LogP contribution >= 0.6 is 0 Å². The summed E-state index contributed by atoms with van der Waals surface area (Å²) in [5.74, 6) is -0.720. The van der Waals surface area contributed by atoms with Crippen LogP contribution in [0.1, 0.15) is 12.0 Å². The minimum atomic E-state index is -0.649. The minimum Gasteiger partial charge on any atom is -0.370 e. The van der Waals surface area contributed by atoms with Crippen LogP contribution < -0.4 is 16.8 Å². The number of fused-ring (bicyclic) bond motifs is 1. The smallest absolute Gasteiger partial charge is 0.237 e. The maximum Gasteiger partial charge on any atom is 0.237 e. The predicted molar refractivity (Wildman–Crippen MR) is 82.4 cm³/mol. The first-order valence-corrected chi connectivity index (χ1v) is 6.86. The predicted octanol–water partition coefficient (Wildman–Crippen LogP) is 0.701. The molecule has 5 N–H and O–H groups in total. The van der Waals surface area contributed by atoms with Crippen molar-refractivity contribution in [2.24, 2.45) is 11.5 Å². The lowest BCUT2D eigenvalue weighted by Gasteiger charge is -2.13. The topological polar surface area (TPSA) is 98.2 Å². The third kappa shape index (κ3) is 4.03. The number of benzene rings is 2. The summed E-state index contributed by atoms with van der Waals surface area (Å²) >= 11 is 0. The van der Waals surface area contributed by atoms with Gasteiger partial charge in [0.2, 0.25) is 11.8 Å². The second-order valence-corrected chi connectivity index (χ2v) is 4.96. The monoisotopic (exact) mass is 285 g/mol. The fraction of sp³-hybridized carbons (Fsp3) is 0.250. The number of carbonyl (C=O) groups excluding carboxylic acids is 2. The molecule has 5 heteroatoms. The van der Waals surface area contributed by atoms with E-state index in [2.05, 4.69) is 5.32 Å². The van der Waals surface area contributed by atoms with Crippen molar-refractivity contribution in [1.82, 2.24) is 5.32 Å². The summed E-state index contributed by atoms with van der Waals surface area (Å²) in [6.45, 7) is 0.220. The quantitative estimate of drug-likeness (QED) is 0.728. The minimum absolute atomic E-state index is 0.118. The van der Waals surface area contributed by atoms with Crippen LogP contribution in [0.5, 0.6) is 0 Å². The van der Waals surface area contributed by atoms with Gasteiger partial charge in [-0.25, -0.2) is 0 Å². The number of hydrogen-bond acceptors (Lipinski definition) is 3. The molecule has 0 aromatic heterocycles. The molecule has 0 aliphatic rings. The fourth-order valence-electron chi connectivity index (χ4n) is 2.24. The van der Waals surface area contributed by atoms with E-state index in [9.17, 15) is 9.59 Å². The first kappa shape index (κ1) is 15.0. The maximum absolute atomic E-state index is 11.9. The van der Waals surface area contributed by atoms with Crippen molar-refractivity contribution < 1.29 is 9.59 Å². The molecule has 0 bridgehead atoms. The highest BCUT2D eigenvalue weighted by Crippen LogP contribution is 2.19. The van der Waals surface area contributed by atoms with Gasteiger partial charge < -0.3 is 16.8 Å². The Labute approximate surface area is 123 Å². The molecule has 0 aliphatic carbocycles. The van der Waals surface area contributed by atoms with E-state index in [0.717, 1.165) is 16.3 Å². The second-order valence-electron chi connectivity index (χ2n) is 4.96. The van der Waals surface area contributed by atoms with Crippen LogP contribution in [-0.2, 0) is 16.0 Å². The lowest BCUT2D eigenvalue weighted by molar-refractivity contribution is -0.122. The van der Waals surface area contributed by atoms with E-state index in [1.807, 2.05) is 42.5 Å². The molecule has 0 fully saturated rings. The van der Waals surface area contributed by atoms with Crippen molar-refractivity contribution in [3.05, 3.63) is 48.0 Å². The van der Waals surface area contributed by atoms with E-state index in [1.165, 1.54) is 0 Å². The zero-order chi connectivity index (χ0) is 15.2. The zero-order valence-corrected chi connectivity index (χ0v) is 11.7. The Morgan fingerprint density at radius 3 is 2.57 bits per heavy atom. The van der Waals surface area contributed by atoms with E-state index in [1.54, 1.807) is 0 Å². The molecule has 2 rings (SSSR count). The van der Waals surface area contributed by atoms with Gasteiger partial charge in [-0.15, -0.1) is 0 Å². The Bertz CT molecular complexity index is 650.